The van der Waals surface area contributed by atoms with Gasteiger partial charge in [0, 0.05) is 17.4 Å². The lowest BCUT2D eigenvalue weighted by molar-refractivity contribution is 0.00692. The van der Waals surface area contributed by atoms with Gasteiger partial charge in [-0.3, -0.25) is 0 Å². The van der Waals surface area contributed by atoms with Gasteiger partial charge in [0.25, 0.3) is 0 Å². The number of thiophene rings is 1. The molecule has 0 aliphatic heterocycles. The lowest BCUT2D eigenvalue weighted by atomic mass is 10.1. The minimum Gasteiger partial charge on any atom is -0.456 e. The van der Waals surface area contributed by atoms with E-state index in [1.807, 2.05) is 33.1 Å². The van der Waals surface area contributed by atoms with E-state index in [-0.39, 0.29) is 5.97 Å². The Kier molecular flexibility index (Phi) is 4.10. The van der Waals surface area contributed by atoms with Crippen molar-refractivity contribution in [1.29, 1.82) is 0 Å². The summed E-state index contributed by atoms with van der Waals surface area (Å²) in [6.45, 7) is 8.05. The normalized spacial score (nSPS) is 11.6. The highest BCUT2D eigenvalue weighted by Gasteiger charge is 2.21. The molecule has 0 amide bonds. The van der Waals surface area contributed by atoms with Gasteiger partial charge in [-0.1, -0.05) is 0 Å². The predicted octanol–water partition coefficient (Wildman–Crippen LogP) is 3.16. The fourth-order valence-corrected chi connectivity index (χ4v) is 2.27. The van der Waals surface area contributed by atoms with Gasteiger partial charge in [0.1, 0.15) is 5.60 Å². The Bertz CT molecular complexity index is 374. The first-order chi connectivity index (χ1) is 7.35. The first-order valence-corrected chi connectivity index (χ1v) is 6.02. The molecule has 0 spiro atoms. The number of esters is 1. The first kappa shape index (κ1) is 13.2. The molecule has 0 radical (unpaired) electrons. The Morgan fingerprint density at radius 3 is 2.56 bits per heavy atom. The van der Waals surface area contributed by atoms with Crippen molar-refractivity contribution < 1.29 is 14.3 Å². The summed E-state index contributed by atoms with van der Waals surface area (Å²) in [5.41, 5.74) is 1.15. The molecule has 0 aliphatic carbocycles. The van der Waals surface area contributed by atoms with Crippen LogP contribution in [0.5, 0.6) is 0 Å². The number of hydrogen-bond donors (Lipinski definition) is 0. The van der Waals surface area contributed by atoms with E-state index in [9.17, 15) is 4.79 Å². The Hall–Kier alpha value is -0.870. The Labute approximate surface area is 100 Å². The van der Waals surface area contributed by atoms with E-state index in [2.05, 4.69) is 0 Å². The van der Waals surface area contributed by atoms with Crippen LogP contribution in [0.25, 0.3) is 0 Å². The number of hydrogen-bond acceptors (Lipinski definition) is 4. The lowest BCUT2D eigenvalue weighted by Gasteiger charge is -2.19. The fraction of sp³-hybridized carbons (Fsp3) is 0.583. The summed E-state index contributed by atoms with van der Waals surface area (Å²) in [4.78, 5) is 12.9. The van der Waals surface area contributed by atoms with Crippen LogP contribution in [0.15, 0.2) is 5.38 Å². The molecule has 0 aromatic carbocycles. The number of carbonyl (C=O) groups excluding carboxylic acids is 1. The maximum atomic E-state index is 11.8. The second-order valence-electron chi connectivity index (χ2n) is 4.63. The molecule has 1 aromatic heterocycles. The highest BCUT2D eigenvalue weighted by Crippen LogP contribution is 2.24. The summed E-state index contributed by atoms with van der Waals surface area (Å²) in [6.07, 6.45) is 0. The van der Waals surface area contributed by atoms with Crippen molar-refractivity contribution in [2.45, 2.75) is 39.9 Å². The number of methoxy groups -OCH3 is 1. The summed E-state index contributed by atoms with van der Waals surface area (Å²) in [7, 11) is 1.65. The maximum Gasteiger partial charge on any atom is 0.339 e. The average molecular weight is 242 g/mol. The van der Waals surface area contributed by atoms with E-state index in [1.54, 1.807) is 7.11 Å². The van der Waals surface area contributed by atoms with Gasteiger partial charge in [-0.15, -0.1) is 11.3 Å². The predicted molar refractivity (Wildman–Crippen MR) is 64.9 cm³/mol. The molecule has 3 nitrogen and oxygen atoms in total. The molecule has 1 rings (SSSR count). The van der Waals surface area contributed by atoms with Gasteiger partial charge in [0.05, 0.1) is 12.2 Å². The van der Waals surface area contributed by atoms with Crippen molar-refractivity contribution in [3.63, 3.8) is 0 Å². The number of ether oxygens (including phenoxy) is 2. The van der Waals surface area contributed by atoms with Crippen LogP contribution in [0.1, 0.15) is 41.6 Å². The Balaban J connectivity index is 2.84. The molecule has 1 heterocycles. The maximum absolute atomic E-state index is 11.8. The minimum absolute atomic E-state index is 0.261. The molecule has 1 aromatic rings. The molecule has 0 unspecified atom stereocenters. The van der Waals surface area contributed by atoms with Crippen LogP contribution < -0.4 is 0 Å². The largest absolute Gasteiger partial charge is 0.456 e. The van der Waals surface area contributed by atoms with Crippen LogP contribution in [0.4, 0.5) is 0 Å². The van der Waals surface area contributed by atoms with Crippen LogP contribution in [0.3, 0.4) is 0 Å². The first-order valence-electron chi connectivity index (χ1n) is 5.14. The molecule has 0 bridgehead atoms. The summed E-state index contributed by atoms with van der Waals surface area (Å²) in [6, 6.07) is 0. The van der Waals surface area contributed by atoms with Crippen molar-refractivity contribution in [3.05, 3.63) is 21.4 Å². The molecule has 0 atom stereocenters. The monoisotopic (exact) mass is 242 g/mol. The highest BCUT2D eigenvalue weighted by atomic mass is 32.1. The Morgan fingerprint density at radius 2 is 2.06 bits per heavy atom. The van der Waals surface area contributed by atoms with Gasteiger partial charge in [0.15, 0.2) is 0 Å². The van der Waals surface area contributed by atoms with Gasteiger partial charge in [0.2, 0.25) is 0 Å². The lowest BCUT2D eigenvalue weighted by Crippen LogP contribution is -2.24. The van der Waals surface area contributed by atoms with E-state index >= 15 is 0 Å². The quantitative estimate of drug-likeness (QED) is 0.764. The standard InChI is InChI=1S/C12H18O3S/c1-8-9(7-16-10(8)6-14-5)11(13)15-12(2,3)4/h7H,6H2,1-5H3. The molecule has 4 heteroatoms. The third-order valence-electron chi connectivity index (χ3n) is 2.04. The van der Waals surface area contributed by atoms with Crippen molar-refractivity contribution in [3.8, 4) is 0 Å². The molecule has 90 valence electrons. The van der Waals surface area contributed by atoms with Crippen LogP contribution in [0.2, 0.25) is 0 Å². The highest BCUT2D eigenvalue weighted by molar-refractivity contribution is 7.10. The van der Waals surface area contributed by atoms with Crippen molar-refractivity contribution in [1.82, 2.24) is 0 Å². The topological polar surface area (TPSA) is 35.5 Å². The summed E-state index contributed by atoms with van der Waals surface area (Å²) < 4.78 is 10.4. The van der Waals surface area contributed by atoms with Crippen LogP contribution in [-0.4, -0.2) is 18.7 Å². The number of carbonyl (C=O) groups is 1. The van der Waals surface area contributed by atoms with Gasteiger partial charge in [-0.25, -0.2) is 4.79 Å². The average Bonchev–Trinajstić information content (AvgIpc) is 2.46. The third-order valence-corrected chi connectivity index (χ3v) is 3.10. The molecular formula is C12H18O3S. The van der Waals surface area contributed by atoms with E-state index < -0.39 is 5.60 Å². The molecule has 0 aliphatic rings. The van der Waals surface area contributed by atoms with Gasteiger partial charge in [-0.2, -0.15) is 0 Å². The molecule has 16 heavy (non-hydrogen) atoms. The van der Waals surface area contributed by atoms with Crippen molar-refractivity contribution in [2.24, 2.45) is 0 Å². The zero-order valence-corrected chi connectivity index (χ0v) is 11.2. The second kappa shape index (κ2) is 4.97. The van der Waals surface area contributed by atoms with Gasteiger partial charge >= 0.3 is 5.97 Å². The minimum atomic E-state index is -0.452. The van der Waals surface area contributed by atoms with Gasteiger partial charge in [-0.05, 0) is 33.3 Å². The second-order valence-corrected chi connectivity index (χ2v) is 5.60. The van der Waals surface area contributed by atoms with E-state index in [4.69, 9.17) is 9.47 Å². The fourth-order valence-electron chi connectivity index (χ4n) is 1.26. The van der Waals surface area contributed by atoms with Crippen LogP contribution >= 0.6 is 11.3 Å². The Morgan fingerprint density at radius 1 is 1.44 bits per heavy atom. The summed E-state index contributed by atoms with van der Waals surface area (Å²) in [5, 5.41) is 1.83. The zero-order valence-electron chi connectivity index (χ0n) is 10.4. The summed E-state index contributed by atoms with van der Waals surface area (Å²) in [5.74, 6) is -0.261. The molecular weight excluding hydrogens is 224 g/mol. The van der Waals surface area contributed by atoms with Crippen molar-refractivity contribution in [2.75, 3.05) is 7.11 Å². The van der Waals surface area contributed by atoms with Crippen LogP contribution in [-0.2, 0) is 16.1 Å². The van der Waals surface area contributed by atoms with Crippen molar-refractivity contribution >= 4 is 17.3 Å². The van der Waals surface area contributed by atoms with E-state index in [0.29, 0.717) is 12.2 Å². The number of rotatable bonds is 3. The molecule has 0 N–H and O–H groups in total. The third kappa shape index (κ3) is 3.32. The van der Waals surface area contributed by atoms with E-state index in [1.165, 1.54) is 11.3 Å². The zero-order chi connectivity index (χ0) is 12.3. The SMILES string of the molecule is COCc1scc(C(=O)OC(C)(C)C)c1C. The smallest absolute Gasteiger partial charge is 0.339 e. The molecule has 0 saturated carbocycles. The molecule has 0 fully saturated rings. The summed E-state index contributed by atoms with van der Waals surface area (Å²) >= 11 is 1.53. The van der Waals surface area contributed by atoms with Gasteiger partial charge < -0.3 is 9.47 Å². The van der Waals surface area contributed by atoms with Crippen LogP contribution in [0, 0.1) is 6.92 Å². The molecule has 0 saturated heterocycles. The van der Waals surface area contributed by atoms with E-state index in [0.717, 1.165) is 10.4 Å².